The molecule has 1 saturated heterocycles. The van der Waals surface area contributed by atoms with Gasteiger partial charge in [0.25, 0.3) is 0 Å². The average molecular weight is 266 g/mol. The predicted molar refractivity (Wildman–Crippen MR) is 67.6 cm³/mol. The van der Waals surface area contributed by atoms with Gasteiger partial charge in [-0.25, -0.2) is 4.79 Å². The maximum Gasteiger partial charge on any atom is 0.372 e. The summed E-state index contributed by atoms with van der Waals surface area (Å²) in [6.45, 7) is 5.38. The summed E-state index contributed by atoms with van der Waals surface area (Å²) in [7, 11) is 0. The van der Waals surface area contributed by atoms with Gasteiger partial charge in [-0.05, 0) is 32.9 Å². The van der Waals surface area contributed by atoms with Crippen molar-refractivity contribution in [2.75, 3.05) is 13.1 Å². The third kappa shape index (κ3) is 2.63. The number of carbonyl (C=O) groups is 2. The molecule has 1 aromatic rings. The van der Waals surface area contributed by atoms with Gasteiger partial charge in [-0.1, -0.05) is 0 Å². The molecule has 0 spiro atoms. The van der Waals surface area contributed by atoms with E-state index in [4.69, 9.17) is 15.3 Å². The van der Waals surface area contributed by atoms with E-state index in [9.17, 15) is 9.59 Å². The minimum absolute atomic E-state index is 0.0214. The highest BCUT2D eigenvalue weighted by molar-refractivity contribution is 5.86. The van der Waals surface area contributed by atoms with Crippen LogP contribution in [-0.4, -0.2) is 35.0 Å². The summed E-state index contributed by atoms with van der Waals surface area (Å²) in [5, 5.41) is 8.93. The molecule has 0 bridgehead atoms. The van der Waals surface area contributed by atoms with Crippen molar-refractivity contribution in [3.05, 3.63) is 23.2 Å². The van der Waals surface area contributed by atoms with Crippen LogP contribution < -0.4 is 5.73 Å². The van der Waals surface area contributed by atoms with Crippen molar-refractivity contribution in [1.29, 1.82) is 0 Å². The Morgan fingerprint density at radius 1 is 1.58 bits per heavy atom. The van der Waals surface area contributed by atoms with Crippen LogP contribution in [-0.2, 0) is 11.3 Å². The first-order valence-corrected chi connectivity index (χ1v) is 6.17. The number of carboxylic acids is 1. The molecule has 6 heteroatoms. The molecule has 0 saturated carbocycles. The predicted octanol–water partition coefficient (Wildman–Crippen LogP) is 0.984. The lowest BCUT2D eigenvalue weighted by atomic mass is 9.89. The monoisotopic (exact) mass is 266 g/mol. The van der Waals surface area contributed by atoms with Gasteiger partial charge in [-0.15, -0.1) is 0 Å². The molecule has 1 aromatic heterocycles. The molecule has 0 aromatic carbocycles. The Balaban J connectivity index is 2.05. The van der Waals surface area contributed by atoms with Crippen molar-refractivity contribution in [2.45, 2.75) is 26.8 Å². The first-order chi connectivity index (χ1) is 8.82. The lowest BCUT2D eigenvalue weighted by Gasteiger charge is -2.20. The fourth-order valence-corrected chi connectivity index (χ4v) is 2.45. The molecular formula is C13H18N2O4. The Labute approximate surface area is 111 Å². The highest BCUT2D eigenvalue weighted by atomic mass is 16.4. The molecule has 1 fully saturated rings. The molecular weight excluding hydrogens is 248 g/mol. The topological polar surface area (TPSA) is 96.8 Å². The maximum absolute atomic E-state index is 11.4. The number of amides is 1. The quantitative estimate of drug-likeness (QED) is 0.846. The highest BCUT2D eigenvalue weighted by Gasteiger charge is 2.38. The van der Waals surface area contributed by atoms with Crippen LogP contribution >= 0.6 is 0 Å². The van der Waals surface area contributed by atoms with Crippen molar-refractivity contribution in [1.82, 2.24) is 4.90 Å². The van der Waals surface area contributed by atoms with E-state index < -0.39 is 11.4 Å². The first-order valence-electron chi connectivity index (χ1n) is 6.17. The van der Waals surface area contributed by atoms with Crippen molar-refractivity contribution >= 4 is 11.9 Å². The number of aromatic carboxylic acids is 1. The standard InChI is InChI=1S/C13H18N2O4/c1-8-5-9(19-10(8)11(16)17)6-15-4-3-13(2,7-15)12(14)18/h5H,3-4,6-7H2,1-2H3,(H2,14,18)(H,16,17). The number of carboxylic acid groups (broad SMARTS) is 1. The SMILES string of the molecule is Cc1cc(CN2CCC(C)(C(N)=O)C2)oc1C(=O)O. The summed E-state index contributed by atoms with van der Waals surface area (Å²) in [5.74, 6) is -0.778. The van der Waals surface area contributed by atoms with Crippen LogP contribution in [0.3, 0.4) is 0 Å². The largest absolute Gasteiger partial charge is 0.475 e. The third-order valence-electron chi connectivity index (χ3n) is 3.69. The van der Waals surface area contributed by atoms with Gasteiger partial charge in [0.15, 0.2) is 0 Å². The zero-order chi connectivity index (χ0) is 14.2. The molecule has 19 heavy (non-hydrogen) atoms. The Bertz CT molecular complexity index is 523. The summed E-state index contributed by atoms with van der Waals surface area (Å²) < 4.78 is 5.31. The second kappa shape index (κ2) is 4.70. The molecule has 0 aliphatic carbocycles. The normalized spacial score (nSPS) is 23.7. The van der Waals surface area contributed by atoms with Gasteiger partial charge in [0.1, 0.15) is 5.76 Å². The number of furan rings is 1. The molecule has 2 heterocycles. The van der Waals surface area contributed by atoms with Crippen LogP contribution in [0.4, 0.5) is 0 Å². The Kier molecular flexibility index (Phi) is 3.36. The van der Waals surface area contributed by atoms with Gasteiger partial charge in [-0.2, -0.15) is 0 Å². The number of likely N-dealkylation sites (tertiary alicyclic amines) is 1. The van der Waals surface area contributed by atoms with Crippen LogP contribution in [0.25, 0.3) is 0 Å². The van der Waals surface area contributed by atoms with Gasteiger partial charge >= 0.3 is 5.97 Å². The lowest BCUT2D eigenvalue weighted by molar-refractivity contribution is -0.126. The van der Waals surface area contributed by atoms with E-state index in [1.807, 2.05) is 6.92 Å². The Hall–Kier alpha value is -1.82. The second-order valence-corrected chi connectivity index (χ2v) is 5.42. The second-order valence-electron chi connectivity index (χ2n) is 5.42. The van der Waals surface area contributed by atoms with E-state index in [1.54, 1.807) is 13.0 Å². The molecule has 1 aliphatic heterocycles. The number of nitrogens with two attached hydrogens (primary N) is 1. The van der Waals surface area contributed by atoms with E-state index >= 15 is 0 Å². The van der Waals surface area contributed by atoms with Gasteiger partial charge < -0.3 is 15.3 Å². The van der Waals surface area contributed by atoms with Gasteiger partial charge in [0, 0.05) is 12.1 Å². The molecule has 1 atom stereocenters. The van der Waals surface area contributed by atoms with E-state index in [0.29, 0.717) is 30.8 Å². The minimum atomic E-state index is -1.06. The Morgan fingerprint density at radius 2 is 2.26 bits per heavy atom. The fourth-order valence-electron chi connectivity index (χ4n) is 2.45. The van der Waals surface area contributed by atoms with Crippen LogP contribution in [0.1, 0.15) is 35.2 Å². The maximum atomic E-state index is 11.4. The van der Waals surface area contributed by atoms with E-state index in [0.717, 1.165) is 6.54 Å². The number of hydrogen-bond donors (Lipinski definition) is 2. The zero-order valence-corrected chi connectivity index (χ0v) is 11.1. The van der Waals surface area contributed by atoms with Crippen LogP contribution in [0, 0.1) is 12.3 Å². The first kappa shape index (κ1) is 13.6. The summed E-state index contributed by atoms with van der Waals surface area (Å²) in [5.41, 5.74) is 5.50. The third-order valence-corrected chi connectivity index (χ3v) is 3.69. The molecule has 1 unspecified atom stereocenters. The summed E-state index contributed by atoms with van der Waals surface area (Å²) in [6.07, 6.45) is 0.716. The molecule has 104 valence electrons. The Morgan fingerprint density at radius 3 is 2.74 bits per heavy atom. The summed E-state index contributed by atoms with van der Waals surface area (Å²) >= 11 is 0. The van der Waals surface area contributed by atoms with Gasteiger partial charge in [0.2, 0.25) is 11.7 Å². The van der Waals surface area contributed by atoms with Crippen molar-refractivity contribution in [3.8, 4) is 0 Å². The molecule has 1 amide bonds. The molecule has 3 N–H and O–H groups in total. The number of carbonyl (C=O) groups excluding carboxylic acids is 1. The smallest absolute Gasteiger partial charge is 0.372 e. The van der Waals surface area contributed by atoms with Crippen LogP contribution in [0.15, 0.2) is 10.5 Å². The number of rotatable bonds is 4. The van der Waals surface area contributed by atoms with Crippen molar-refractivity contribution in [3.63, 3.8) is 0 Å². The molecule has 2 rings (SSSR count). The van der Waals surface area contributed by atoms with Crippen LogP contribution in [0.2, 0.25) is 0 Å². The number of primary amides is 1. The molecule has 0 radical (unpaired) electrons. The molecule has 6 nitrogen and oxygen atoms in total. The van der Waals surface area contributed by atoms with E-state index in [2.05, 4.69) is 4.90 Å². The highest BCUT2D eigenvalue weighted by Crippen LogP contribution is 2.30. The van der Waals surface area contributed by atoms with Crippen molar-refractivity contribution in [2.24, 2.45) is 11.1 Å². The fraction of sp³-hybridized carbons (Fsp3) is 0.538. The van der Waals surface area contributed by atoms with E-state index in [-0.39, 0.29) is 11.7 Å². The molecule has 1 aliphatic rings. The lowest BCUT2D eigenvalue weighted by Crippen LogP contribution is -2.36. The number of nitrogens with zero attached hydrogens (tertiary/aromatic N) is 1. The van der Waals surface area contributed by atoms with Crippen molar-refractivity contribution < 1.29 is 19.1 Å². The van der Waals surface area contributed by atoms with Gasteiger partial charge in [-0.3, -0.25) is 9.69 Å². The average Bonchev–Trinajstić information content (AvgIpc) is 2.84. The zero-order valence-electron chi connectivity index (χ0n) is 11.1. The van der Waals surface area contributed by atoms with Crippen LogP contribution in [0.5, 0.6) is 0 Å². The minimum Gasteiger partial charge on any atom is -0.475 e. The van der Waals surface area contributed by atoms with Gasteiger partial charge in [0.05, 0.1) is 12.0 Å². The number of aryl methyl sites for hydroxylation is 1. The van der Waals surface area contributed by atoms with E-state index in [1.165, 1.54) is 0 Å². The summed E-state index contributed by atoms with van der Waals surface area (Å²) in [6, 6.07) is 1.73. The number of hydrogen-bond acceptors (Lipinski definition) is 4. The summed E-state index contributed by atoms with van der Waals surface area (Å²) in [4.78, 5) is 24.3.